The van der Waals surface area contributed by atoms with Crippen LogP contribution in [-0.2, 0) is 4.79 Å². The summed E-state index contributed by atoms with van der Waals surface area (Å²) in [6.45, 7) is 0. The monoisotopic (exact) mass is 472 g/mol. The third-order valence-electron chi connectivity index (χ3n) is 6.24. The van der Waals surface area contributed by atoms with Crippen LogP contribution in [0.15, 0.2) is 66.7 Å². The van der Waals surface area contributed by atoms with Gasteiger partial charge in [0.15, 0.2) is 0 Å². The summed E-state index contributed by atoms with van der Waals surface area (Å²) in [5, 5.41) is 6.39. The number of benzene rings is 3. The lowest BCUT2D eigenvalue weighted by Crippen LogP contribution is -2.24. The van der Waals surface area contributed by atoms with Crippen LogP contribution in [0.25, 0.3) is 22.4 Å². The molecule has 1 fully saturated rings. The summed E-state index contributed by atoms with van der Waals surface area (Å²) in [6, 6.07) is 20.1. The second kappa shape index (κ2) is 9.69. The van der Waals surface area contributed by atoms with Crippen LogP contribution in [0.1, 0.15) is 42.5 Å². The molecule has 172 valence electrons. The van der Waals surface area contributed by atoms with Crippen LogP contribution in [0, 0.1) is 5.92 Å². The number of hydrogen-bond donors (Lipinski definition) is 3. The van der Waals surface area contributed by atoms with Crippen molar-refractivity contribution in [3.8, 4) is 11.4 Å². The van der Waals surface area contributed by atoms with E-state index in [1.807, 2.05) is 48.5 Å². The highest BCUT2D eigenvalue weighted by molar-refractivity contribution is 6.35. The Balaban J connectivity index is 1.32. The first-order chi connectivity index (χ1) is 16.6. The minimum Gasteiger partial charge on any atom is -0.338 e. The van der Waals surface area contributed by atoms with E-state index in [9.17, 15) is 9.59 Å². The van der Waals surface area contributed by atoms with E-state index in [0.29, 0.717) is 33.3 Å². The Morgan fingerprint density at radius 1 is 0.882 bits per heavy atom. The fraction of sp³-hybridized carbons (Fsp3) is 0.222. The number of fused-ring (bicyclic) bond motifs is 1. The van der Waals surface area contributed by atoms with Gasteiger partial charge < -0.3 is 15.6 Å². The minimum atomic E-state index is -0.160. The zero-order valence-electron chi connectivity index (χ0n) is 18.6. The molecule has 0 unspecified atom stereocenters. The topological polar surface area (TPSA) is 86.9 Å². The lowest BCUT2D eigenvalue weighted by molar-refractivity contribution is -0.120. The molecular weight excluding hydrogens is 448 g/mol. The van der Waals surface area contributed by atoms with Crippen molar-refractivity contribution >= 4 is 45.8 Å². The van der Waals surface area contributed by atoms with Crippen molar-refractivity contribution in [3.05, 3.63) is 77.3 Å². The number of carbonyl (C=O) groups is 2. The highest BCUT2D eigenvalue weighted by atomic mass is 35.5. The Hall–Kier alpha value is -3.64. The number of nitrogens with one attached hydrogen (secondary N) is 3. The second-order valence-corrected chi connectivity index (χ2v) is 9.07. The number of carbonyl (C=O) groups excluding carboxylic acids is 2. The normalized spacial score (nSPS) is 14.1. The molecule has 1 saturated carbocycles. The Morgan fingerprint density at radius 3 is 2.35 bits per heavy atom. The Morgan fingerprint density at radius 2 is 1.62 bits per heavy atom. The number of imidazole rings is 1. The Labute approximate surface area is 202 Å². The zero-order chi connectivity index (χ0) is 23.5. The molecule has 5 rings (SSSR count). The van der Waals surface area contributed by atoms with E-state index in [1.165, 1.54) is 6.42 Å². The molecule has 1 aliphatic carbocycles. The molecule has 0 aliphatic heterocycles. The molecule has 1 aliphatic rings. The quantitative estimate of drug-likeness (QED) is 0.303. The van der Waals surface area contributed by atoms with E-state index < -0.39 is 0 Å². The maximum atomic E-state index is 12.6. The molecule has 7 heteroatoms. The summed E-state index contributed by atoms with van der Waals surface area (Å²) in [4.78, 5) is 32.9. The number of aromatic nitrogens is 2. The molecule has 1 aromatic heterocycles. The molecular formula is C27H25ClN4O2. The summed E-state index contributed by atoms with van der Waals surface area (Å²) in [6.07, 6.45) is 5.31. The van der Waals surface area contributed by atoms with Crippen LogP contribution < -0.4 is 10.6 Å². The highest BCUT2D eigenvalue weighted by Gasteiger charge is 2.21. The van der Waals surface area contributed by atoms with Gasteiger partial charge in [0.05, 0.1) is 10.5 Å². The molecule has 0 bridgehead atoms. The van der Waals surface area contributed by atoms with Gasteiger partial charge in [0.2, 0.25) is 5.91 Å². The summed E-state index contributed by atoms with van der Waals surface area (Å²) in [7, 11) is 0. The van der Waals surface area contributed by atoms with Gasteiger partial charge in [-0.15, -0.1) is 0 Å². The van der Waals surface area contributed by atoms with Gasteiger partial charge in [0.1, 0.15) is 11.3 Å². The zero-order valence-corrected chi connectivity index (χ0v) is 19.4. The molecule has 1 heterocycles. The van der Waals surface area contributed by atoms with Crippen LogP contribution >= 0.6 is 11.6 Å². The molecule has 34 heavy (non-hydrogen) atoms. The number of rotatable bonds is 5. The van der Waals surface area contributed by atoms with Crippen LogP contribution in [-0.4, -0.2) is 21.8 Å². The number of H-pyrrole nitrogens is 1. The summed E-state index contributed by atoms with van der Waals surface area (Å²) in [5.41, 5.74) is 4.22. The van der Waals surface area contributed by atoms with Gasteiger partial charge in [-0.2, -0.15) is 0 Å². The number of aromatic amines is 1. The lowest BCUT2D eigenvalue weighted by atomic mass is 9.88. The van der Waals surface area contributed by atoms with Crippen molar-refractivity contribution in [1.29, 1.82) is 0 Å². The minimum absolute atomic E-state index is 0.0583. The number of nitrogens with zero attached hydrogens (tertiary/aromatic N) is 1. The summed E-state index contributed by atoms with van der Waals surface area (Å²) >= 11 is 6.49. The predicted octanol–water partition coefficient (Wildman–Crippen LogP) is 6.65. The van der Waals surface area contributed by atoms with Gasteiger partial charge in [0.25, 0.3) is 5.91 Å². The van der Waals surface area contributed by atoms with Crippen LogP contribution in [0.3, 0.4) is 0 Å². The summed E-state index contributed by atoms with van der Waals surface area (Å²) in [5.74, 6) is 0.629. The fourth-order valence-corrected chi connectivity index (χ4v) is 4.66. The molecule has 3 N–H and O–H groups in total. The number of anilines is 2. The average Bonchev–Trinajstić information content (AvgIpc) is 3.30. The van der Waals surface area contributed by atoms with E-state index >= 15 is 0 Å². The highest BCUT2D eigenvalue weighted by Crippen LogP contribution is 2.31. The van der Waals surface area contributed by atoms with Gasteiger partial charge in [-0.3, -0.25) is 9.59 Å². The van der Waals surface area contributed by atoms with E-state index in [-0.39, 0.29) is 17.7 Å². The number of halogens is 1. The maximum absolute atomic E-state index is 12.6. The van der Waals surface area contributed by atoms with Crippen molar-refractivity contribution in [1.82, 2.24) is 9.97 Å². The largest absolute Gasteiger partial charge is 0.338 e. The van der Waals surface area contributed by atoms with Crippen LogP contribution in [0.5, 0.6) is 0 Å². The van der Waals surface area contributed by atoms with Gasteiger partial charge >= 0.3 is 0 Å². The van der Waals surface area contributed by atoms with Gasteiger partial charge in [0, 0.05) is 28.4 Å². The van der Waals surface area contributed by atoms with Crippen molar-refractivity contribution in [2.75, 3.05) is 10.6 Å². The van der Waals surface area contributed by atoms with Crippen LogP contribution in [0.4, 0.5) is 11.4 Å². The molecule has 2 amide bonds. The molecule has 0 atom stereocenters. The maximum Gasteiger partial charge on any atom is 0.255 e. The van der Waals surface area contributed by atoms with E-state index in [2.05, 4.69) is 20.6 Å². The molecule has 0 saturated heterocycles. The third kappa shape index (κ3) is 4.82. The first-order valence-electron chi connectivity index (χ1n) is 11.5. The van der Waals surface area contributed by atoms with Gasteiger partial charge in [-0.1, -0.05) is 49.1 Å². The van der Waals surface area contributed by atoms with Crippen molar-refractivity contribution < 1.29 is 9.59 Å². The summed E-state index contributed by atoms with van der Waals surface area (Å²) < 4.78 is 0. The molecule has 0 spiro atoms. The molecule has 3 aromatic carbocycles. The third-order valence-corrected chi connectivity index (χ3v) is 6.52. The van der Waals surface area contributed by atoms with Gasteiger partial charge in [-0.05, 0) is 61.4 Å². The van der Waals surface area contributed by atoms with Crippen LogP contribution in [0.2, 0.25) is 5.02 Å². The van der Waals surface area contributed by atoms with E-state index in [0.717, 1.165) is 36.8 Å². The first kappa shape index (κ1) is 22.2. The van der Waals surface area contributed by atoms with Crippen molar-refractivity contribution in [2.45, 2.75) is 32.1 Å². The van der Waals surface area contributed by atoms with E-state index in [4.69, 9.17) is 11.6 Å². The Bertz CT molecular complexity index is 1330. The van der Waals surface area contributed by atoms with Gasteiger partial charge in [-0.25, -0.2) is 4.98 Å². The molecule has 4 aromatic rings. The average molecular weight is 473 g/mol. The first-order valence-corrected chi connectivity index (χ1v) is 11.9. The van der Waals surface area contributed by atoms with Crippen molar-refractivity contribution in [2.24, 2.45) is 5.92 Å². The predicted molar refractivity (Wildman–Crippen MR) is 136 cm³/mol. The van der Waals surface area contributed by atoms with E-state index in [1.54, 1.807) is 18.2 Å². The smallest absolute Gasteiger partial charge is 0.255 e. The standard InChI is InChI=1S/C27H25ClN4O2/c28-22-15-21(30-27(34)19-9-5-2-6-10-19)16-23-24(22)32-25(31-23)17-11-13-20(14-12-17)29-26(33)18-7-3-1-4-8-18/h1,3-4,7-8,11-16,19H,2,5-6,9-10H2,(H,29,33)(H,30,34)(H,31,32). The number of amides is 2. The Kier molecular flexibility index (Phi) is 6.32. The molecule has 0 radical (unpaired) electrons. The number of hydrogen-bond acceptors (Lipinski definition) is 3. The van der Waals surface area contributed by atoms with Crippen molar-refractivity contribution in [3.63, 3.8) is 0 Å². The SMILES string of the molecule is O=C(Nc1ccc(-c2nc3c(Cl)cc(NC(=O)C4CCCCC4)cc3[nH]2)cc1)c1ccccc1. The lowest BCUT2D eigenvalue weighted by Gasteiger charge is -2.20. The second-order valence-electron chi connectivity index (χ2n) is 8.66. The molecule has 6 nitrogen and oxygen atoms in total. The fourth-order valence-electron chi connectivity index (χ4n) is 4.40.